The Morgan fingerprint density at radius 2 is 2.00 bits per heavy atom. The van der Waals surface area contributed by atoms with Gasteiger partial charge in [0.1, 0.15) is 0 Å². The van der Waals surface area contributed by atoms with Gasteiger partial charge in [0.05, 0.1) is 0 Å². The van der Waals surface area contributed by atoms with Crippen molar-refractivity contribution in [3.63, 3.8) is 0 Å². The maximum atomic E-state index is 12.5. The third-order valence-electron chi connectivity index (χ3n) is 3.68. The second-order valence-electron chi connectivity index (χ2n) is 6.18. The molecule has 0 saturated carbocycles. The normalized spacial score (nSPS) is 17.8. The monoisotopic (exact) mass is 283 g/mol. The van der Waals surface area contributed by atoms with Crippen LogP contribution in [0.2, 0.25) is 0 Å². The summed E-state index contributed by atoms with van der Waals surface area (Å²) in [5, 5.41) is 0. The molecule has 0 aliphatic carbocycles. The molecule has 1 aromatic rings. The number of piperidine rings is 1. The van der Waals surface area contributed by atoms with Crippen molar-refractivity contribution in [2.45, 2.75) is 39.2 Å². The first-order valence-electron chi connectivity index (χ1n) is 6.82. The van der Waals surface area contributed by atoms with E-state index in [2.05, 4.69) is 9.88 Å². The fourth-order valence-corrected chi connectivity index (χ4v) is 2.75. The molecular weight excluding hydrogens is 262 g/mol. The van der Waals surface area contributed by atoms with Gasteiger partial charge in [-0.05, 0) is 39.5 Å². The summed E-state index contributed by atoms with van der Waals surface area (Å²) in [7, 11) is 0. The minimum atomic E-state index is -0.219. The molecular formula is C14H22ClN3O. The van der Waals surface area contributed by atoms with Crippen LogP contribution in [0.25, 0.3) is 0 Å². The highest BCUT2D eigenvalue weighted by Gasteiger charge is 2.23. The minimum Gasteiger partial charge on any atom is -0.352 e. The average molecular weight is 284 g/mol. The Balaban J connectivity index is 2.25. The molecule has 0 atom stereocenters. The van der Waals surface area contributed by atoms with E-state index < -0.39 is 0 Å². The maximum Gasteiger partial charge on any atom is 0.293 e. The Morgan fingerprint density at radius 1 is 1.37 bits per heavy atom. The maximum absolute atomic E-state index is 12.5. The smallest absolute Gasteiger partial charge is 0.293 e. The molecule has 2 heterocycles. The molecule has 0 bridgehead atoms. The molecule has 1 saturated heterocycles. The van der Waals surface area contributed by atoms with Gasteiger partial charge in [-0.25, -0.2) is 4.98 Å². The summed E-state index contributed by atoms with van der Waals surface area (Å²) in [6.07, 6.45) is 5.55. The molecule has 4 nitrogen and oxygen atoms in total. The number of nitrogens with zero attached hydrogens (tertiary/aromatic N) is 3. The highest BCUT2D eigenvalue weighted by Crippen LogP contribution is 2.21. The van der Waals surface area contributed by atoms with Crippen molar-refractivity contribution >= 4 is 17.4 Å². The van der Waals surface area contributed by atoms with E-state index in [4.69, 9.17) is 11.6 Å². The van der Waals surface area contributed by atoms with Crippen molar-refractivity contribution in [2.75, 3.05) is 23.9 Å². The standard InChI is InChI=1S/C14H22ClN3O/c1-14(2,3)18-9-6-16-12(13(18)19)17-7-4-11(10-15)5-8-17/h6,9,11H,4-5,7-8,10H2,1-3H3. The predicted octanol–water partition coefficient (Wildman–Crippen LogP) is 2.45. The van der Waals surface area contributed by atoms with Crippen molar-refractivity contribution in [3.05, 3.63) is 22.7 Å². The topological polar surface area (TPSA) is 38.1 Å². The second-order valence-corrected chi connectivity index (χ2v) is 6.49. The minimum absolute atomic E-state index is 0.000626. The lowest BCUT2D eigenvalue weighted by molar-refractivity contribution is 0.379. The van der Waals surface area contributed by atoms with Gasteiger partial charge < -0.3 is 9.47 Å². The number of aromatic nitrogens is 2. The van der Waals surface area contributed by atoms with E-state index in [1.165, 1.54) is 0 Å². The first-order valence-corrected chi connectivity index (χ1v) is 7.36. The molecule has 1 aliphatic rings. The number of anilines is 1. The summed E-state index contributed by atoms with van der Waals surface area (Å²) in [4.78, 5) is 18.9. The number of halogens is 1. The highest BCUT2D eigenvalue weighted by molar-refractivity contribution is 6.18. The molecule has 19 heavy (non-hydrogen) atoms. The van der Waals surface area contributed by atoms with Gasteiger partial charge in [0, 0.05) is 36.9 Å². The van der Waals surface area contributed by atoms with Gasteiger partial charge in [0.2, 0.25) is 0 Å². The lowest BCUT2D eigenvalue weighted by Gasteiger charge is -2.32. The van der Waals surface area contributed by atoms with Crippen LogP contribution in [0.3, 0.4) is 0 Å². The highest BCUT2D eigenvalue weighted by atomic mass is 35.5. The van der Waals surface area contributed by atoms with E-state index in [9.17, 15) is 4.79 Å². The Bertz CT molecular complexity index is 484. The van der Waals surface area contributed by atoms with Gasteiger partial charge in [-0.3, -0.25) is 4.79 Å². The fourth-order valence-electron chi connectivity index (χ4n) is 2.45. The molecule has 5 heteroatoms. The predicted molar refractivity (Wildman–Crippen MR) is 79.2 cm³/mol. The Hall–Kier alpha value is -1.03. The van der Waals surface area contributed by atoms with Gasteiger partial charge in [-0.15, -0.1) is 11.6 Å². The van der Waals surface area contributed by atoms with E-state index >= 15 is 0 Å². The first kappa shape index (κ1) is 14.4. The van der Waals surface area contributed by atoms with Crippen LogP contribution in [0, 0.1) is 5.92 Å². The molecule has 0 aromatic carbocycles. The second kappa shape index (κ2) is 5.53. The summed E-state index contributed by atoms with van der Waals surface area (Å²) < 4.78 is 1.75. The van der Waals surface area contributed by atoms with Crippen LogP contribution in [-0.4, -0.2) is 28.5 Å². The summed E-state index contributed by atoms with van der Waals surface area (Å²) in [5.74, 6) is 1.86. The van der Waals surface area contributed by atoms with Gasteiger partial charge in [0.25, 0.3) is 5.56 Å². The molecule has 0 unspecified atom stereocenters. The zero-order valence-electron chi connectivity index (χ0n) is 11.9. The Kier molecular flexibility index (Phi) is 4.19. The van der Waals surface area contributed by atoms with Gasteiger partial charge in [-0.1, -0.05) is 0 Å². The van der Waals surface area contributed by atoms with Crippen molar-refractivity contribution in [2.24, 2.45) is 5.92 Å². The number of hydrogen-bond donors (Lipinski definition) is 0. The summed E-state index contributed by atoms with van der Waals surface area (Å²) >= 11 is 5.89. The molecule has 106 valence electrons. The van der Waals surface area contributed by atoms with Gasteiger partial charge in [0.15, 0.2) is 5.82 Å². The zero-order valence-corrected chi connectivity index (χ0v) is 12.7. The van der Waals surface area contributed by atoms with Crippen molar-refractivity contribution in [1.82, 2.24) is 9.55 Å². The zero-order chi connectivity index (χ0) is 14.0. The van der Waals surface area contributed by atoms with Gasteiger partial charge in [-0.2, -0.15) is 0 Å². The summed E-state index contributed by atoms with van der Waals surface area (Å²) in [6, 6.07) is 0. The van der Waals surface area contributed by atoms with Crippen LogP contribution in [0.5, 0.6) is 0 Å². The van der Waals surface area contributed by atoms with Crippen LogP contribution in [0.15, 0.2) is 17.2 Å². The molecule has 1 fully saturated rings. The van der Waals surface area contributed by atoms with Gasteiger partial charge >= 0.3 is 0 Å². The Morgan fingerprint density at radius 3 is 2.53 bits per heavy atom. The fraction of sp³-hybridized carbons (Fsp3) is 0.714. The third kappa shape index (κ3) is 3.11. The lowest BCUT2D eigenvalue weighted by Crippen LogP contribution is -2.42. The average Bonchev–Trinajstić information content (AvgIpc) is 2.38. The van der Waals surface area contributed by atoms with E-state index in [0.717, 1.165) is 25.9 Å². The summed E-state index contributed by atoms with van der Waals surface area (Å²) in [6.45, 7) is 7.81. The van der Waals surface area contributed by atoms with E-state index in [1.54, 1.807) is 17.0 Å². The molecule has 2 rings (SSSR count). The van der Waals surface area contributed by atoms with Crippen LogP contribution in [0.1, 0.15) is 33.6 Å². The third-order valence-corrected chi connectivity index (χ3v) is 4.11. The largest absolute Gasteiger partial charge is 0.352 e. The molecule has 1 aliphatic heterocycles. The number of rotatable bonds is 2. The van der Waals surface area contributed by atoms with Crippen LogP contribution >= 0.6 is 11.6 Å². The number of hydrogen-bond acceptors (Lipinski definition) is 3. The Labute approximate surface area is 119 Å². The molecule has 1 aromatic heterocycles. The SMILES string of the molecule is CC(C)(C)n1ccnc(N2CCC(CCl)CC2)c1=O. The summed E-state index contributed by atoms with van der Waals surface area (Å²) in [5.41, 5.74) is -0.220. The molecule has 0 spiro atoms. The molecule has 0 radical (unpaired) electrons. The number of alkyl halides is 1. The van der Waals surface area contributed by atoms with Crippen molar-refractivity contribution < 1.29 is 0 Å². The van der Waals surface area contributed by atoms with E-state index in [0.29, 0.717) is 17.6 Å². The van der Waals surface area contributed by atoms with E-state index in [1.807, 2.05) is 20.8 Å². The van der Waals surface area contributed by atoms with Crippen molar-refractivity contribution in [1.29, 1.82) is 0 Å². The van der Waals surface area contributed by atoms with Crippen LogP contribution < -0.4 is 10.5 Å². The van der Waals surface area contributed by atoms with Crippen molar-refractivity contribution in [3.8, 4) is 0 Å². The molecule has 0 amide bonds. The van der Waals surface area contributed by atoms with Crippen LogP contribution in [-0.2, 0) is 5.54 Å². The van der Waals surface area contributed by atoms with E-state index in [-0.39, 0.29) is 11.1 Å². The quantitative estimate of drug-likeness (QED) is 0.783. The first-order chi connectivity index (χ1) is 8.93. The van der Waals surface area contributed by atoms with Crippen LogP contribution in [0.4, 0.5) is 5.82 Å². The molecule has 0 N–H and O–H groups in total. The lowest BCUT2D eigenvalue weighted by atomic mass is 9.99.